The zero-order valence-electron chi connectivity index (χ0n) is 16.5. The Morgan fingerprint density at radius 3 is 2.24 bits per heavy atom. The zero-order valence-corrected chi connectivity index (χ0v) is 17.3. The molecular formula is C21H24N2O5S. The van der Waals surface area contributed by atoms with E-state index in [1.807, 2.05) is 30.3 Å². The second-order valence-corrected chi connectivity index (χ2v) is 8.14. The Hall–Kier alpha value is -2.87. The molecule has 0 aromatic heterocycles. The molecule has 1 amide bonds. The van der Waals surface area contributed by atoms with Gasteiger partial charge >= 0.3 is 5.97 Å². The van der Waals surface area contributed by atoms with E-state index in [4.69, 9.17) is 4.74 Å². The van der Waals surface area contributed by atoms with Gasteiger partial charge in [-0.3, -0.25) is 19.7 Å². The molecule has 0 spiro atoms. The maximum absolute atomic E-state index is 12.7. The third kappa shape index (κ3) is 7.23. The highest BCUT2D eigenvalue weighted by atomic mass is 32.2. The van der Waals surface area contributed by atoms with Crippen molar-refractivity contribution in [1.29, 1.82) is 0 Å². The number of nitrogens with one attached hydrogen (secondary N) is 1. The average Bonchev–Trinajstić information content (AvgIpc) is 2.67. The molecule has 2 atom stereocenters. The number of carbonyl (C=O) groups excluding carboxylic acids is 2. The SMILES string of the molecule is CC(C)OC(=O)CC(NC(=O)C(C)Sc1ccc([N+](=O)[O-])cc1)c1ccccc1. The van der Waals surface area contributed by atoms with E-state index in [1.54, 1.807) is 32.9 Å². The molecule has 0 radical (unpaired) electrons. The normalized spacial score (nSPS) is 12.8. The summed E-state index contributed by atoms with van der Waals surface area (Å²) in [7, 11) is 0. The van der Waals surface area contributed by atoms with Crippen molar-refractivity contribution in [3.05, 3.63) is 70.3 Å². The highest BCUT2D eigenvalue weighted by molar-refractivity contribution is 8.00. The predicted molar refractivity (Wildman–Crippen MR) is 112 cm³/mol. The summed E-state index contributed by atoms with van der Waals surface area (Å²) in [6.07, 6.45) is -0.200. The monoisotopic (exact) mass is 416 g/mol. The number of non-ortho nitro benzene ring substituents is 1. The van der Waals surface area contributed by atoms with Crippen LogP contribution in [0.5, 0.6) is 0 Å². The number of nitrogens with zero attached hydrogens (tertiary/aromatic N) is 1. The van der Waals surface area contributed by atoms with E-state index in [9.17, 15) is 19.7 Å². The van der Waals surface area contributed by atoms with Crippen LogP contribution in [0.15, 0.2) is 59.5 Å². The fourth-order valence-electron chi connectivity index (χ4n) is 2.61. The van der Waals surface area contributed by atoms with Gasteiger partial charge in [-0.2, -0.15) is 0 Å². The minimum atomic E-state index is -0.505. The summed E-state index contributed by atoms with van der Waals surface area (Å²) < 4.78 is 5.22. The topological polar surface area (TPSA) is 98.5 Å². The molecule has 154 valence electrons. The van der Waals surface area contributed by atoms with E-state index in [0.717, 1.165) is 10.5 Å². The molecule has 2 unspecified atom stereocenters. The van der Waals surface area contributed by atoms with E-state index < -0.39 is 16.2 Å². The van der Waals surface area contributed by atoms with Crippen molar-refractivity contribution >= 4 is 29.3 Å². The Bertz CT molecular complexity index is 840. The number of carbonyl (C=O) groups is 2. The predicted octanol–water partition coefficient (Wildman–Crippen LogP) is 4.27. The number of hydrogen-bond acceptors (Lipinski definition) is 6. The lowest BCUT2D eigenvalue weighted by Gasteiger charge is -2.21. The van der Waals surface area contributed by atoms with Crippen LogP contribution in [-0.4, -0.2) is 28.2 Å². The van der Waals surface area contributed by atoms with Gasteiger partial charge in [0.2, 0.25) is 5.91 Å². The molecule has 0 saturated heterocycles. The smallest absolute Gasteiger partial charge is 0.308 e. The van der Waals surface area contributed by atoms with Crippen LogP contribution in [0.4, 0.5) is 5.69 Å². The summed E-state index contributed by atoms with van der Waals surface area (Å²) in [5, 5.41) is 13.2. The fourth-order valence-corrected chi connectivity index (χ4v) is 3.48. The summed E-state index contributed by atoms with van der Waals surface area (Å²) in [6, 6.07) is 14.8. The highest BCUT2D eigenvalue weighted by Gasteiger charge is 2.23. The maximum atomic E-state index is 12.7. The first-order valence-electron chi connectivity index (χ1n) is 9.22. The largest absolute Gasteiger partial charge is 0.463 e. The molecule has 29 heavy (non-hydrogen) atoms. The Morgan fingerprint density at radius 2 is 1.69 bits per heavy atom. The summed E-state index contributed by atoms with van der Waals surface area (Å²) in [5.41, 5.74) is 0.813. The molecule has 2 rings (SSSR count). The first-order valence-corrected chi connectivity index (χ1v) is 10.1. The van der Waals surface area contributed by atoms with E-state index in [2.05, 4.69) is 5.32 Å². The molecule has 0 aliphatic heterocycles. The number of hydrogen-bond donors (Lipinski definition) is 1. The van der Waals surface area contributed by atoms with Crippen LogP contribution in [0.25, 0.3) is 0 Å². The molecule has 0 bridgehead atoms. The lowest BCUT2D eigenvalue weighted by Crippen LogP contribution is -2.35. The number of benzene rings is 2. The number of esters is 1. The first-order chi connectivity index (χ1) is 13.8. The molecule has 2 aromatic carbocycles. The molecular weight excluding hydrogens is 392 g/mol. The van der Waals surface area contributed by atoms with Crippen molar-refractivity contribution in [2.75, 3.05) is 0 Å². The van der Waals surface area contributed by atoms with E-state index in [-0.39, 0.29) is 30.1 Å². The lowest BCUT2D eigenvalue weighted by molar-refractivity contribution is -0.384. The second kappa shape index (κ2) is 10.6. The van der Waals surface area contributed by atoms with Crippen molar-refractivity contribution in [3.8, 4) is 0 Å². The van der Waals surface area contributed by atoms with Crippen LogP contribution in [-0.2, 0) is 14.3 Å². The summed E-state index contributed by atoms with van der Waals surface area (Å²) >= 11 is 1.29. The Kier molecular flexibility index (Phi) is 8.21. The van der Waals surface area contributed by atoms with Crippen LogP contribution in [0.3, 0.4) is 0 Å². The minimum Gasteiger partial charge on any atom is -0.463 e. The molecule has 0 aliphatic carbocycles. The number of thioether (sulfide) groups is 1. The van der Waals surface area contributed by atoms with Gasteiger partial charge in [-0.25, -0.2) is 0 Å². The molecule has 0 fully saturated rings. The first kappa shape index (κ1) is 22.4. The quantitative estimate of drug-likeness (QED) is 0.284. The van der Waals surface area contributed by atoms with Crippen LogP contribution < -0.4 is 5.32 Å². The van der Waals surface area contributed by atoms with Gasteiger partial charge in [0.05, 0.1) is 28.7 Å². The summed E-state index contributed by atoms with van der Waals surface area (Å²) in [6.45, 7) is 5.30. The Morgan fingerprint density at radius 1 is 1.07 bits per heavy atom. The lowest BCUT2D eigenvalue weighted by atomic mass is 10.0. The number of ether oxygens (including phenoxy) is 1. The Balaban J connectivity index is 2.05. The average molecular weight is 416 g/mol. The molecule has 0 aliphatic rings. The van der Waals surface area contributed by atoms with Gasteiger partial charge in [0.15, 0.2) is 0 Å². The third-order valence-electron chi connectivity index (χ3n) is 3.99. The van der Waals surface area contributed by atoms with E-state index >= 15 is 0 Å². The van der Waals surface area contributed by atoms with Gasteiger partial charge in [0.1, 0.15) is 0 Å². The van der Waals surface area contributed by atoms with Crippen LogP contribution in [0.2, 0.25) is 0 Å². The molecule has 7 nitrogen and oxygen atoms in total. The van der Waals surface area contributed by atoms with Crippen molar-refractivity contribution in [3.63, 3.8) is 0 Å². The molecule has 2 aromatic rings. The van der Waals surface area contributed by atoms with Crippen molar-refractivity contribution in [2.45, 2.75) is 49.5 Å². The third-order valence-corrected chi connectivity index (χ3v) is 5.10. The van der Waals surface area contributed by atoms with Gasteiger partial charge in [-0.05, 0) is 38.5 Å². The van der Waals surface area contributed by atoms with Crippen LogP contribution in [0.1, 0.15) is 38.8 Å². The number of amides is 1. The number of nitro groups is 1. The summed E-state index contributed by atoms with van der Waals surface area (Å²) in [5.74, 6) is -0.621. The summed E-state index contributed by atoms with van der Waals surface area (Å²) in [4.78, 5) is 35.9. The van der Waals surface area contributed by atoms with Crippen LogP contribution in [0, 0.1) is 10.1 Å². The highest BCUT2D eigenvalue weighted by Crippen LogP contribution is 2.26. The standard InChI is InChI=1S/C21H24N2O5S/c1-14(2)28-20(24)13-19(16-7-5-4-6-8-16)22-21(25)15(3)29-18-11-9-17(10-12-18)23(26)27/h4-12,14-15,19H,13H2,1-3H3,(H,22,25). The Labute approximate surface area is 174 Å². The zero-order chi connectivity index (χ0) is 21.4. The van der Waals surface area contributed by atoms with Crippen molar-refractivity contribution < 1.29 is 19.2 Å². The fraction of sp³-hybridized carbons (Fsp3) is 0.333. The van der Waals surface area contributed by atoms with E-state index in [1.165, 1.54) is 23.9 Å². The van der Waals surface area contributed by atoms with Gasteiger partial charge < -0.3 is 10.1 Å². The second-order valence-electron chi connectivity index (χ2n) is 6.73. The van der Waals surface area contributed by atoms with Gasteiger partial charge in [-0.15, -0.1) is 11.8 Å². The molecule has 1 N–H and O–H groups in total. The number of nitro benzene ring substituents is 1. The van der Waals surface area contributed by atoms with Gasteiger partial charge in [-0.1, -0.05) is 30.3 Å². The van der Waals surface area contributed by atoms with Crippen LogP contribution >= 0.6 is 11.8 Å². The minimum absolute atomic E-state index is 0.000684. The van der Waals surface area contributed by atoms with E-state index in [0.29, 0.717) is 0 Å². The van der Waals surface area contributed by atoms with Crippen molar-refractivity contribution in [2.24, 2.45) is 0 Å². The molecule has 8 heteroatoms. The maximum Gasteiger partial charge on any atom is 0.308 e. The molecule has 0 heterocycles. The van der Waals surface area contributed by atoms with Crippen molar-refractivity contribution in [1.82, 2.24) is 5.32 Å². The number of rotatable bonds is 9. The van der Waals surface area contributed by atoms with Gasteiger partial charge in [0, 0.05) is 17.0 Å². The molecule has 0 saturated carbocycles. The van der Waals surface area contributed by atoms with Gasteiger partial charge in [0.25, 0.3) is 5.69 Å².